The molecule has 2 heterocycles. The number of carbonyl (C=O) groups excluding carboxylic acids is 8. The summed E-state index contributed by atoms with van der Waals surface area (Å²) in [7, 11) is 0. The molecule has 0 fully saturated rings. The molecule has 0 saturated carbocycles. The molecule has 9 atom stereocenters. The predicted molar refractivity (Wildman–Crippen MR) is 290 cm³/mol. The number of phenolic OH excluding ortho intramolecular Hbond substituents is 1. The molecular weight excluding hydrogens is 1030 g/mol. The first kappa shape index (κ1) is 65.2. The number of aromatic hydroxyl groups is 1. The molecule has 26 nitrogen and oxygen atoms in total. The number of nitrogens with two attached hydrogens (primary N) is 2. The van der Waals surface area contributed by atoms with Gasteiger partial charge in [-0.25, -0.2) is 14.8 Å². The van der Waals surface area contributed by atoms with Crippen LogP contribution in [0.25, 0.3) is 0 Å². The summed E-state index contributed by atoms with van der Waals surface area (Å²) in [6.07, 6.45) is 7.97. The lowest BCUT2D eigenvalue weighted by molar-refractivity contribution is -0.143. The number of imidazole rings is 2. The summed E-state index contributed by atoms with van der Waals surface area (Å²) in [6.45, 7) is 9.82. The Hall–Kier alpha value is -7.10. The standard InChI is InChI=1S/C51H80N14O12S/c1-27(2)18-37(60-43(68)34(53)24-66)48(73)64-41(28(3)4)50(75)59-35(10-8-9-16-52)44(69)62-40(21-32-23-55-26-57-32)47(72)63-39(20-31-22-54-25-56-31)46(71)58-36(15-17-78-7)45(70)61-38(19-30-11-13-33(67)14-12-30)49(74)65-42(29(5)6)51(76)77/h11-14,22-23,25-29,34-42,66-67H,8-10,15-21,24,52-53H2,1-7H3,(H,54,56)(H,55,57)(H,58,71)(H,59,75)(H,60,68)(H,61,70)(H,62,69)(H,63,72)(H,64,73)(H,65,74)(H,76,77)/t34-,35-,36-,37-,38-,39-,40-,41-,42-/m0/s1. The van der Waals surface area contributed by atoms with E-state index < -0.39 is 126 Å². The average Bonchev–Trinajstić information content (AvgIpc) is 4.13. The van der Waals surface area contributed by atoms with Crippen LogP contribution in [0.15, 0.2) is 49.3 Å². The van der Waals surface area contributed by atoms with Gasteiger partial charge >= 0.3 is 5.97 Å². The van der Waals surface area contributed by atoms with Crippen molar-refractivity contribution in [2.45, 2.75) is 147 Å². The van der Waals surface area contributed by atoms with Crippen molar-refractivity contribution < 1.29 is 58.5 Å². The molecule has 0 spiro atoms. The molecule has 3 aromatic rings. The fourth-order valence-corrected chi connectivity index (χ4v) is 8.44. The molecule has 0 saturated heterocycles. The number of unbranched alkanes of at least 4 members (excludes halogenated alkanes) is 1. The van der Waals surface area contributed by atoms with Crippen LogP contribution < -0.4 is 54.0 Å². The van der Waals surface area contributed by atoms with Crippen molar-refractivity contribution in [3.8, 4) is 5.75 Å². The zero-order chi connectivity index (χ0) is 58.1. The summed E-state index contributed by atoms with van der Waals surface area (Å²) in [5, 5.41) is 50.4. The minimum Gasteiger partial charge on any atom is -0.508 e. The highest BCUT2D eigenvalue weighted by Crippen LogP contribution is 2.15. The largest absolute Gasteiger partial charge is 0.508 e. The third-order valence-corrected chi connectivity index (χ3v) is 13.1. The Kier molecular flexibility index (Phi) is 27.8. The van der Waals surface area contributed by atoms with Gasteiger partial charge in [0.05, 0.1) is 19.3 Å². The molecule has 0 bridgehead atoms. The second-order valence-corrected chi connectivity index (χ2v) is 21.1. The van der Waals surface area contributed by atoms with Crippen LogP contribution in [-0.2, 0) is 62.4 Å². The van der Waals surface area contributed by atoms with E-state index in [0.717, 1.165) is 0 Å². The number of carboxylic acids is 1. The Morgan fingerprint density at radius 3 is 1.46 bits per heavy atom. The van der Waals surface area contributed by atoms with Crippen LogP contribution in [0.5, 0.6) is 5.75 Å². The lowest BCUT2D eigenvalue weighted by atomic mass is 9.99. The first-order chi connectivity index (χ1) is 37.0. The Balaban J connectivity index is 1.96. The smallest absolute Gasteiger partial charge is 0.326 e. The zero-order valence-electron chi connectivity index (χ0n) is 45.3. The number of nitrogens with zero attached hydrogens (tertiary/aromatic N) is 2. The molecule has 0 aliphatic carbocycles. The van der Waals surface area contributed by atoms with Crippen molar-refractivity contribution in [2.24, 2.45) is 29.2 Å². The number of carbonyl (C=O) groups is 9. The van der Waals surface area contributed by atoms with Gasteiger partial charge in [0.1, 0.15) is 60.1 Å². The lowest BCUT2D eigenvalue weighted by Crippen LogP contribution is -2.61. The number of aliphatic carboxylic acids is 1. The normalized spacial score (nSPS) is 14.8. The molecule has 0 aliphatic heterocycles. The van der Waals surface area contributed by atoms with Gasteiger partial charge in [0, 0.05) is 43.0 Å². The molecule has 78 heavy (non-hydrogen) atoms. The highest BCUT2D eigenvalue weighted by molar-refractivity contribution is 7.98. The summed E-state index contributed by atoms with van der Waals surface area (Å²) >= 11 is 1.37. The number of aliphatic hydroxyl groups is 1. The second-order valence-electron chi connectivity index (χ2n) is 20.1. The van der Waals surface area contributed by atoms with Crippen LogP contribution in [-0.4, -0.2) is 168 Å². The number of H-pyrrole nitrogens is 2. The van der Waals surface area contributed by atoms with Gasteiger partial charge in [-0.3, -0.25) is 38.4 Å². The molecule has 0 radical (unpaired) electrons. The number of hydrogen-bond donors (Lipinski definition) is 15. The van der Waals surface area contributed by atoms with E-state index in [1.165, 1.54) is 61.1 Å². The Morgan fingerprint density at radius 2 is 1.01 bits per heavy atom. The van der Waals surface area contributed by atoms with E-state index in [4.69, 9.17) is 11.5 Å². The summed E-state index contributed by atoms with van der Waals surface area (Å²) in [5.41, 5.74) is 12.8. The van der Waals surface area contributed by atoms with E-state index in [0.29, 0.717) is 35.5 Å². The molecule has 27 heteroatoms. The molecule has 0 aliphatic rings. The van der Waals surface area contributed by atoms with Gasteiger partial charge in [-0.05, 0) is 86.1 Å². The number of thioether (sulfide) groups is 1. The maximum atomic E-state index is 14.6. The Labute approximate surface area is 458 Å². The summed E-state index contributed by atoms with van der Waals surface area (Å²) in [5.74, 6) is -8.43. The number of amides is 8. The molecule has 3 rings (SSSR count). The van der Waals surface area contributed by atoms with E-state index >= 15 is 0 Å². The van der Waals surface area contributed by atoms with Crippen molar-refractivity contribution in [2.75, 3.05) is 25.2 Å². The van der Waals surface area contributed by atoms with Crippen LogP contribution >= 0.6 is 11.8 Å². The van der Waals surface area contributed by atoms with Gasteiger partial charge in [-0.2, -0.15) is 11.8 Å². The van der Waals surface area contributed by atoms with Crippen LogP contribution in [0.1, 0.15) is 90.6 Å². The molecule has 2 aromatic heterocycles. The number of phenols is 1. The van der Waals surface area contributed by atoms with Crippen LogP contribution in [0.4, 0.5) is 0 Å². The number of rotatable bonds is 35. The van der Waals surface area contributed by atoms with Gasteiger partial charge in [-0.1, -0.05) is 53.7 Å². The van der Waals surface area contributed by atoms with Crippen molar-refractivity contribution in [1.29, 1.82) is 0 Å². The van der Waals surface area contributed by atoms with Crippen molar-refractivity contribution in [1.82, 2.24) is 62.5 Å². The number of nitrogens with one attached hydrogen (secondary N) is 10. The molecule has 432 valence electrons. The van der Waals surface area contributed by atoms with Gasteiger partial charge in [0.15, 0.2) is 0 Å². The number of carboxylic acid groups (broad SMARTS) is 1. The molecular formula is C51H80N14O12S. The highest BCUT2D eigenvalue weighted by atomic mass is 32.2. The number of aromatic amines is 2. The topological polar surface area (TPSA) is 420 Å². The average molecular weight is 1110 g/mol. The first-order valence-electron chi connectivity index (χ1n) is 25.9. The van der Waals surface area contributed by atoms with Crippen LogP contribution in [0, 0.1) is 17.8 Å². The van der Waals surface area contributed by atoms with Crippen molar-refractivity contribution >= 4 is 65.0 Å². The fourth-order valence-electron chi connectivity index (χ4n) is 7.97. The van der Waals surface area contributed by atoms with E-state index in [1.807, 2.05) is 13.8 Å². The van der Waals surface area contributed by atoms with Crippen molar-refractivity contribution in [3.63, 3.8) is 0 Å². The maximum Gasteiger partial charge on any atom is 0.326 e. The minimum atomic E-state index is -1.43. The van der Waals surface area contributed by atoms with Gasteiger partial charge in [0.2, 0.25) is 47.3 Å². The van der Waals surface area contributed by atoms with Crippen LogP contribution in [0.2, 0.25) is 0 Å². The van der Waals surface area contributed by atoms with E-state index in [9.17, 15) is 58.5 Å². The highest BCUT2D eigenvalue weighted by Gasteiger charge is 2.36. The van der Waals surface area contributed by atoms with Gasteiger partial charge in [0.25, 0.3) is 0 Å². The lowest BCUT2D eigenvalue weighted by Gasteiger charge is -2.29. The monoisotopic (exact) mass is 1110 g/mol. The molecule has 17 N–H and O–H groups in total. The number of aliphatic hydroxyl groups excluding tert-OH is 1. The predicted octanol–water partition coefficient (Wildman–Crippen LogP) is -1.61. The number of benzene rings is 1. The molecule has 1 aromatic carbocycles. The SMILES string of the molecule is CSCC[C@H](NC(=O)[C@H](Cc1cnc[nH]1)NC(=O)[C@H](Cc1cnc[nH]1)NC(=O)[C@H](CCCCN)NC(=O)[C@@H](NC(=O)[C@H](CC(C)C)NC(=O)[C@@H](N)CO)C(C)C)C(=O)N[C@@H](Cc1ccc(O)cc1)C(=O)N[C@H](C(=O)O)C(C)C. The van der Waals surface area contributed by atoms with Gasteiger partial charge < -0.3 is 79.3 Å². The van der Waals surface area contributed by atoms with Crippen molar-refractivity contribution in [3.05, 3.63) is 66.3 Å². The number of aromatic nitrogens is 4. The van der Waals surface area contributed by atoms with Crippen LogP contribution in [0.3, 0.4) is 0 Å². The third-order valence-electron chi connectivity index (χ3n) is 12.4. The second kappa shape index (κ2) is 33.2. The quantitative estimate of drug-likeness (QED) is 0.0295. The summed E-state index contributed by atoms with van der Waals surface area (Å²) in [4.78, 5) is 138. The summed E-state index contributed by atoms with van der Waals surface area (Å²) < 4.78 is 0. The third kappa shape index (κ3) is 22.1. The zero-order valence-corrected chi connectivity index (χ0v) is 46.1. The fraction of sp³-hybridized carbons (Fsp3) is 0.588. The summed E-state index contributed by atoms with van der Waals surface area (Å²) in [6, 6.07) is -5.86. The van der Waals surface area contributed by atoms with E-state index in [2.05, 4.69) is 62.5 Å². The Bertz CT molecular complexity index is 2390. The minimum absolute atomic E-state index is 0.0455. The van der Waals surface area contributed by atoms with E-state index in [1.54, 1.807) is 34.0 Å². The maximum absolute atomic E-state index is 14.6. The first-order valence-corrected chi connectivity index (χ1v) is 27.3. The molecule has 0 unspecified atom stereocenters. The Morgan fingerprint density at radius 1 is 0.577 bits per heavy atom. The van der Waals surface area contributed by atoms with E-state index in [-0.39, 0.29) is 56.7 Å². The van der Waals surface area contributed by atoms with Gasteiger partial charge in [-0.15, -0.1) is 0 Å². The number of hydrogen-bond acceptors (Lipinski definition) is 16. The molecule has 8 amide bonds.